The number of benzene rings is 2. The van der Waals surface area contributed by atoms with Crippen molar-refractivity contribution in [2.75, 3.05) is 5.32 Å². The molecule has 1 amide bonds. The second-order valence-electron chi connectivity index (χ2n) is 5.41. The first-order valence-corrected chi connectivity index (χ1v) is 7.84. The summed E-state index contributed by atoms with van der Waals surface area (Å²) in [5.41, 5.74) is 3.01. The van der Waals surface area contributed by atoms with Crippen LogP contribution in [0.4, 0.5) is 5.69 Å². The lowest BCUT2D eigenvalue weighted by molar-refractivity contribution is -0.125. The molecule has 2 aromatic carbocycles. The van der Waals surface area contributed by atoms with Crippen LogP contribution in [0.5, 0.6) is 0 Å². The van der Waals surface area contributed by atoms with Gasteiger partial charge in [-0.1, -0.05) is 42.8 Å². The van der Waals surface area contributed by atoms with Crippen LogP contribution in [0, 0.1) is 0 Å². The number of para-hydroxylation sites is 1. The van der Waals surface area contributed by atoms with Gasteiger partial charge >= 0.3 is 5.97 Å². The second-order valence-corrected chi connectivity index (χ2v) is 5.82. The third kappa shape index (κ3) is 3.22. The molecule has 1 aliphatic heterocycles. The van der Waals surface area contributed by atoms with Crippen LogP contribution < -0.4 is 5.32 Å². The van der Waals surface area contributed by atoms with Gasteiger partial charge in [0.1, 0.15) is 0 Å². The number of halogens is 1. The summed E-state index contributed by atoms with van der Waals surface area (Å²) in [6.45, 7) is 2.05. The van der Waals surface area contributed by atoms with Crippen molar-refractivity contribution in [1.82, 2.24) is 0 Å². The van der Waals surface area contributed by atoms with Gasteiger partial charge in [0.15, 0.2) is 6.10 Å². The average molecular weight is 330 g/mol. The maximum atomic E-state index is 12.4. The Labute approximate surface area is 139 Å². The number of hydrogen-bond acceptors (Lipinski definition) is 3. The highest BCUT2D eigenvalue weighted by Crippen LogP contribution is 2.25. The summed E-state index contributed by atoms with van der Waals surface area (Å²) in [6.07, 6.45) is 0.391. The second kappa shape index (κ2) is 6.42. The number of nitrogens with one attached hydrogen (secondary N) is 1. The topological polar surface area (TPSA) is 55.4 Å². The zero-order valence-electron chi connectivity index (χ0n) is 12.6. The van der Waals surface area contributed by atoms with E-state index in [1.54, 1.807) is 30.3 Å². The van der Waals surface area contributed by atoms with E-state index in [4.69, 9.17) is 16.3 Å². The first-order valence-electron chi connectivity index (χ1n) is 7.46. The van der Waals surface area contributed by atoms with Crippen LogP contribution in [0.1, 0.15) is 28.4 Å². The van der Waals surface area contributed by atoms with Gasteiger partial charge in [0.2, 0.25) is 0 Å². The Bertz CT molecular complexity index is 773. The molecule has 0 bridgehead atoms. The SMILES string of the molecule is CCc1ccc2c(c1)CC(C(=O)Nc1ccccc1Cl)OC2=O. The fraction of sp³-hybridized carbons (Fsp3) is 0.222. The number of amides is 1. The standard InChI is InChI=1S/C18H16ClNO3/c1-2-11-7-8-13-12(9-11)10-16(23-18(13)22)17(21)20-15-6-4-3-5-14(15)19/h3-9,16H,2,10H2,1H3,(H,20,21). The molecular weight excluding hydrogens is 314 g/mol. The Balaban J connectivity index is 1.80. The summed E-state index contributed by atoms with van der Waals surface area (Å²) in [5, 5.41) is 3.15. The summed E-state index contributed by atoms with van der Waals surface area (Å²) in [7, 11) is 0. The molecule has 0 aliphatic carbocycles. The third-order valence-electron chi connectivity index (χ3n) is 3.88. The monoisotopic (exact) mass is 329 g/mol. The minimum absolute atomic E-state index is 0.366. The normalized spacial score (nSPS) is 16.4. The molecule has 23 heavy (non-hydrogen) atoms. The summed E-state index contributed by atoms with van der Waals surface area (Å²) in [5.74, 6) is -0.841. The predicted molar refractivity (Wildman–Crippen MR) is 88.8 cm³/mol. The van der Waals surface area contributed by atoms with Crippen LogP contribution in [-0.4, -0.2) is 18.0 Å². The molecule has 118 valence electrons. The number of fused-ring (bicyclic) bond motifs is 1. The Kier molecular flexibility index (Phi) is 4.35. The molecule has 1 atom stereocenters. The van der Waals surface area contributed by atoms with E-state index in [0.717, 1.165) is 17.5 Å². The quantitative estimate of drug-likeness (QED) is 0.875. The first kappa shape index (κ1) is 15.6. The van der Waals surface area contributed by atoms with E-state index in [-0.39, 0.29) is 5.91 Å². The predicted octanol–water partition coefficient (Wildman–Crippen LogP) is 3.62. The van der Waals surface area contributed by atoms with Gasteiger partial charge in [0.25, 0.3) is 5.91 Å². The summed E-state index contributed by atoms with van der Waals surface area (Å²) in [4.78, 5) is 24.5. The van der Waals surface area contributed by atoms with Gasteiger partial charge < -0.3 is 10.1 Å². The van der Waals surface area contributed by atoms with Gasteiger partial charge in [-0.2, -0.15) is 0 Å². The zero-order chi connectivity index (χ0) is 16.4. The number of aryl methyl sites for hydroxylation is 1. The molecule has 1 aliphatic rings. The molecule has 0 aromatic heterocycles. The van der Waals surface area contributed by atoms with E-state index in [1.165, 1.54) is 0 Å². The Morgan fingerprint density at radius 2 is 2.09 bits per heavy atom. The maximum absolute atomic E-state index is 12.4. The molecular formula is C18H16ClNO3. The Morgan fingerprint density at radius 3 is 2.83 bits per heavy atom. The van der Waals surface area contributed by atoms with E-state index in [1.807, 2.05) is 19.1 Å². The molecule has 4 nitrogen and oxygen atoms in total. The van der Waals surface area contributed by atoms with E-state index >= 15 is 0 Å². The van der Waals surface area contributed by atoms with E-state index < -0.39 is 12.1 Å². The number of carbonyl (C=O) groups excluding carboxylic acids is 2. The van der Waals surface area contributed by atoms with Crippen LogP contribution >= 0.6 is 11.6 Å². The highest BCUT2D eigenvalue weighted by atomic mass is 35.5. The highest BCUT2D eigenvalue weighted by Gasteiger charge is 2.31. The van der Waals surface area contributed by atoms with Crippen LogP contribution in [0.15, 0.2) is 42.5 Å². The molecule has 3 rings (SSSR count). The largest absolute Gasteiger partial charge is 0.448 e. The van der Waals surface area contributed by atoms with Gasteiger partial charge in [0.05, 0.1) is 16.3 Å². The summed E-state index contributed by atoms with van der Waals surface area (Å²) in [6, 6.07) is 12.6. The molecule has 1 unspecified atom stereocenters. The number of rotatable bonds is 3. The molecule has 1 N–H and O–H groups in total. The number of hydrogen-bond donors (Lipinski definition) is 1. The zero-order valence-corrected chi connectivity index (χ0v) is 13.4. The minimum atomic E-state index is -0.849. The van der Waals surface area contributed by atoms with E-state index in [9.17, 15) is 9.59 Å². The van der Waals surface area contributed by atoms with Crippen molar-refractivity contribution >= 4 is 29.2 Å². The maximum Gasteiger partial charge on any atom is 0.339 e. The fourth-order valence-electron chi connectivity index (χ4n) is 2.59. The lowest BCUT2D eigenvalue weighted by atomic mass is 9.95. The number of anilines is 1. The van der Waals surface area contributed by atoms with Crippen molar-refractivity contribution < 1.29 is 14.3 Å². The summed E-state index contributed by atoms with van der Waals surface area (Å²) >= 11 is 6.03. The fourth-order valence-corrected chi connectivity index (χ4v) is 2.77. The van der Waals surface area contributed by atoms with Crippen molar-refractivity contribution in [3.63, 3.8) is 0 Å². The third-order valence-corrected chi connectivity index (χ3v) is 4.21. The number of cyclic esters (lactones) is 1. The molecule has 2 aromatic rings. The molecule has 5 heteroatoms. The van der Waals surface area contributed by atoms with Crippen LogP contribution in [-0.2, 0) is 22.4 Å². The molecule has 0 radical (unpaired) electrons. The molecule has 0 saturated heterocycles. The van der Waals surface area contributed by atoms with Crippen LogP contribution in [0.3, 0.4) is 0 Å². The van der Waals surface area contributed by atoms with Crippen molar-refractivity contribution in [2.45, 2.75) is 25.9 Å². The minimum Gasteiger partial charge on any atom is -0.448 e. The van der Waals surface area contributed by atoms with Gasteiger partial charge in [0, 0.05) is 6.42 Å². The number of esters is 1. The average Bonchev–Trinajstić information content (AvgIpc) is 2.56. The van der Waals surface area contributed by atoms with Crippen molar-refractivity contribution in [2.24, 2.45) is 0 Å². The highest BCUT2D eigenvalue weighted by molar-refractivity contribution is 6.33. The number of carbonyl (C=O) groups is 2. The van der Waals surface area contributed by atoms with Crippen molar-refractivity contribution in [3.05, 3.63) is 64.2 Å². The summed E-state index contributed by atoms with van der Waals surface area (Å²) < 4.78 is 5.27. The molecule has 0 spiro atoms. The van der Waals surface area contributed by atoms with Gasteiger partial charge in [-0.25, -0.2) is 4.79 Å². The van der Waals surface area contributed by atoms with Crippen molar-refractivity contribution in [1.29, 1.82) is 0 Å². The lowest BCUT2D eigenvalue weighted by Gasteiger charge is -2.24. The molecule has 0 saturated carbocycles. The first-order chi connectivity index (χ1) is 11.1. The Morgan fingerprint density at radius 1 is 1.30 bits per heavy atom. The lowest BCUT2D eigenvalue weighted by Crippen LogP contribution is -2.38. The molecule has 1 heterocycles. The van der Waals surface area contributed by atoms with Gasteiger partial charge in [-0.3, -0.25) is 4.79 Å². The number of ether oxygens (including phenoxy) is 1. The molecule has 0 fully saturated rings. The Hall–Kier alpha value is -2.33. The van der Waals surface area contributed by atoms with Gasteiger partial charge in [-0.05, 0) is 35.7 Å². The van der Waals surface area contributed by atoms with E-state index in [2.05, 4.69) is 5.32 Å². The van der Waals surface area contributed by atoms with E-state index in [0.29, 0.717) is 22.7 Å². The van der Waals surface area contributed by atoms with Crippen LogP contribution in [0.25, 0.3) is 0 Å². The smallest absolute Gasteiger partial charge is 0.339 e. The van der Waals surface area contributed by atoms with Crippen molar-refractivity contribution in [3.8, 4) is 0 Å². The van der Waals surface area contributed by atoms with Crippen LogP contribution in [0.2, 0.25) is 5.02 Å². The van der Waals surface area contributed by atoms with Gasteiger partial charge in [-0.15, -0.1) is 0 Å².